The average Bonchev–Trinajstić information content (AvgIpc) is 2.71. The Balaban J connectivity index is 1.96. The van der Waals surface area contributed by atoms with Gasteiger partial charge in [-0.05, 0) is 37.4 Å². The Morgan fingerprint density at radius 3 is 2.37 bits per heavy atom. The van der Waals surface area contributed by atoms with Gasteiger partial charge in [0.25, 0.3) is 0 Å². The predicted octanol–water partition coefficient (Wildman–Crippen LogP) is 1.23. The zero-order valence-electron chi connectivity index (χ0n) is 16.4. The largest absolute Gasteiger partial charge is 0.479 e. The topological polar surface area (TPSA) is 138 Å². The molecule has 0 radical (unpaired) electrons. The van der Waals surface area contributed by atoms with Gasteiger partial charge in [0, 0.05) is 24.8 Å². The van der Waals surface area contributed by atoms with E-state index in [2.05, 4.69) is 10.3 Å². The van der Waals surface area contributed by atoms with Crippen LogP contribution in [0.3, 0.4) is 0 Å². The van der Waals surface area contributed by atoms with Gasteiger partial charge < -0.3 is 25.0 Å². The van der Waals surface area contributed by atoms with Gasteiger partial charge in [0.05, 0.1) is 6.54 Å². The van der Waals surface area contributed by atoms with Gasteiger partial charge in [0.1, 0.15) is 5.82 Å². The zero-order valence-corrected chi connectivity index (χ0v) is 16.4. The molecule has 0 spiro atoms. The minimum atomic E-state index is -1.21. The summed E-state index contributed by atoms with van der Waals surface area (Å²) in [6, 6.07) is 9.75. The minimum absolute atomic E-state index is 0.0102. The lowest BCUT2D eigenvalue weighted by Crippen LogP contribution is -2.30. The highest BCUT2D eigenvalue weighted by Gasteiger charge is 2.15. The van der Waals surface area contributed by atoms with Crippen LogP contribution in [-0.4, -0.2) is 77.7 Å². The van der Waals surface area contributed by atoms with E-state index in [0.717, 1.165) is 5.82 Å². The van der Waals surface area contributed by atoms with E-state index in [1.165, 1.54) is 18.2 Å². The van der Waals surface area contributed by atoms with E-state index in [1.807, 2.05) is 23.1 Å². The normalized spacial score (nSPS) is 10.5. The van der Waals surface area contributed by atoms with Crippen LogP contribution in [0.15, 0.2) is 42.6 Å². The van der Waals surface area contributed by atoms with Gasteiger partial charge in [0.2, 0.25) is 0 Å². The Labute approximate surface area is 173 Å². The van der Waals surface area contributed by atoms with Gasteiger partial charge in [-0.25, -0.2) is 14.6 Å². The molecule has 2 aromatic rings. The number of carbonyl (C=O) groups excluding carboxylic acids is 1. The van der Waals surface area contributed by atoms with Crippen LogP contribution in [0, 0.1) is 0 Å². The molecule has 10 nitrogen and oxygen atoms in total. The lowest BCUT2D eigenvalue weighted by atomic mass is 10.1. The van der Waals surface area contributed by atoms with Crippen molar-refractivity contribution >= 4 is 23.5 Å². The summed E-state index contributed by atoms with van der Waals surface area (Å²) in [5, 5.41) is 20.7. The summed E-state index contributed by atoms with van der Waals surface area (Å²) in [7, 11) is 1.80. The quantitative estimate of drug-likeness (QED) is 0.408. The third kappa shape index (κ3) is 7.76. The summed E-state index contributed by atoms with van der Waals surface area (Å²) < 4.78 is 10.2. The van der Waals surface area contributed by atoms with Crippen molar-refractivity contribution in [2.24, 2.45) is 0 Å². The molecule has 1 heterocycles. The maximum atomic E-state index is 12.6. The molecule has 0 bridgehead atoms. The van der Waals surface area contributed by atoms with Crippen molar-refractivity contribution in [3.8, 4) is 11.5 Å². The first-order chi connectivity index (χ1) is 14.3. The molecule has 30 heavy (non-hydrogen) atoms. The Hall–Kier alpha value is -3.66. The molecule has 0 aliphatic rings. The number of likely N-dealkylation sites (N-methyl/N-ethyl adjacent to an activating group) is 1. The standard InChI is InChI=1S/C20H23N3O7/c1-23(9-8-22-18-4-2-3-7-21-18)11-15(24)14-5-6-16(29-12-19(25)26)17(10-14)30-13-20(27)28/h2-7,10H,8-9,11-13H2,1H3,(H,21,22)(H,25,26)(H,27,28). The number of hydrogen-bond donors (Lipinski definition) is 3. The lowest BCUT2D eigenvalue weighted by molar-refractivity contribution is -0.140. The van der Waals surface area contributed by atoms with Crippen molar-refractivity contribution < 1.29 is 34.1 Å². The smallest absolute Gasteiger partial charge is 0.341 e. The van der Waals surface area contributed by atoms with E-state index in [0.29, 0.717) is 18.7 Å². The average molecular weight is 417 g/mol. The van der Waals surface area contributed by atoms with Crippen molar-refractivity contribution in [1.82, 2.24) is 9.88 Å². The summed E-state index contributed by atoms with van der Waals surface area (Å²) in [6.07, 6.45) is 1.68. The van der Waals surface area contributed by atoms with Gasteiger partial charge >= 0.3 is 11.9 Å². The number of hydrogen-bond acceptors (Lipinski definition) is 8. The van der Waals surface area contributed by atoms with Gasteiger partial charge in [0.15, 0.2) is 30.5 Å². The fourth-order valence-electron chi connectivity index (χ4n) is 2.45. The molecule has 0 aliphatic carbocycles. The molecule has 160 valence electrons. The first-order valence-corrected chi connectivity index (χ1v) is 9.05. The molecular formula is C20H23N3O7. The Morgan fingerprint density at radius 2 is 1.73 bits per heavy atom. The molecule has 10 heteroatoms. The van der Waals surface area contributed by atoms with Gasteiger partial charge in [-0.15, -0.1) is 0 Å². The van der Waals surface area contributed by atoms with Gasteiger partial charge in [-0.1, -0.05) is 6.07 Å². The number of carboxylic acids is 2. The number of carboxylic acid groups (broad SMARTS) is 2. The van der Waals surface area contributed by atoms with Crippen LogP contribution in [-0.2, 0) is 9.59 Å². The van der Waals surface area contributed by atoms with Gasteiger partial charge in [-0.2, -0.15) is 0 Å². The van der Waals surface area contributed by atoms with E-state index in [-0.39, 0.29) is 23.8 Å². The number of nitrogens with one attached hydrogen (secondary N) is 1. The molecule has 0 saturated heterocycles. The number of ketones is 1. The number of aliphatic carboxylic acids is 2. The van der Waals surface area contributed by atoms with Crippen LogP contribution in [0.5, 0.6) is 11.5 Å². The van der Waals surface area contributed by atoms with E-state index in [1.54, 1.807) is 13.2 Å². The Bertz CT molecular complexity index is 874. The number of benzene rings is 1. The number of ether oxygens (including phenoxy) is 2. The first-order valence-electron chi connectivity index (χ1n) is 9.05. The molecule has 3 N–H and O–H groups in total. The third-order valence-electron chi connectivity index (χ3n) is 3.85. The SMILES string of the molecule is CN(CCNc1ccccn1)CC(=O)c1ccc(OCC(=O)O)c(OCC(=O)O)c1. The van der Waals surface area contributed by atoms with Crippen molar-refractivity contribution in [3.63, 3.8) is 0 Å². The van der Waals surface area contributed by atoms with E-state index < -0.39 is 25.2 Å². The number of aromatic nitrogens is 1. The highest BCUT2D eigenvalue weighted by molar-refractivity contribution is 5.98. The molecule has 0 amide bonds. The predicted molar refractivity (Wildman–Crippen MR) is 107 cm³/mol. The second-order valence-electron chi connectivity index (χ2n) is 6.33. The number of Topliss-reactive ketones (excluding diaryl/α,β-unsaturated/α-hetero) is 1. The highest BCUT2D eigenvalue weighted by Crippen LogP contribution is 2.28. The molecule has 0 aliphatic heterocycles. The first kappa shape index (κ1) is 22.6. The van der Waals surface area contributed by atoms with E-state index >= 15 is 0 Å². The highest BCUT2D eigenvalue weighted by atomic mass is 16.5. The summed E-state index contributed by atoms with van der Waals surface area (Å²) in [4.78, 5) is 40.0. The molecule has 0 saturated carbocycles. The number of nitrogens with zero attached hydrogens (tertiary/aromatic N) is 2. The Morgan fingerprint density at radius 1 is 1.03 bits per heavy atom. The third-order valence-corrected chi connectivity index (χ3v) is 3.85. The molecule has 1 aromatic carbocycles. The van der Waals surface area contributed by atoms with Crippen LogP contribution < -0.4 is 14.8 Å². The molecular weight excluding hydrogens is 394 g/mol. The zero-order chi connectivity index (χ0) is 21.9. The van der Waals surface area contributed by atoms with Crippen molar-refractivity contribution in [2.45, 2.75) is 0 Å². The summed E-state index contributed by atoms with van der Waals surface area (Å²) in [6.45, 7) is 0.0285. The summed E-state index contributed by atoms with van der Waals surface area (Å²) >= 11 is 0. The second-order valence-corrected chi connectivity index (χ2v) is 6.33. The van der Waals surface area contributed by atoms with Crippen LogP contribution in [0.25, 0.3) is 0 Å². The van der Waals surface area contributed by atoms with E-state index in [4.69, 9.17) is 19.7 Å². The monoisotopic (exact) mass is 417 g/mol. The molecule has 0 unspecified atom stereocenters. The fourth-order valence-corrected chi connectivity index (χ4v) is 2.45. The number of anilines is 1. The minimum Gasteiger partial charge on any atom is -0.479 e. The van der Waals surface area contributed by atoms with Gasteiger partial charge in [-0.3, -0.25) is 9.69 Å². The summed E-state index contributed by atoms with van der Waals surface area (Å²) in [5.41, 5.74) is 0.294. The maximum absolute atomic E-state index is 12.6. The number of carbonyl (C=O) groups is 3. The van der Waals surface area contributed by atoms with Crippen LogP contribution in [0.1, 0.15) is 10.4 Å². The van der Waals surface area contributed by atoms with Crippen molar-refractivity contribution in [1.29, 1.82) is 0 Å². The molecule has 1 aromatic heterocycles. The van der Waals surface area contributed by atoms with E-state index in [9.17, 15) is 14.4 Å². The molecule has 0 fully saturated rings. The van der Waals surface area contributed by atoms with Crippen LogP contribution in [0.4, 0.5) is 5.82 Å². The second kappa shape index (κ2) is 11.4. The van der Waals surface area contributed by atoms with Crippen molar-refractivity contribution in [2.75, 3.05) is 45.2 Å². The van der Waals surface area contributed by atoms with Crippen LogP contribution >= 0.6 is 0 Å². The van der Waals surface area contributed by atoms with Crippen molar-refractivity contribution in [3.05, 3.63) is 48.2 Å². The molecule has 2 rings (SSSR count). The number of pyridine rings is 1. The number of rotatable bonds is 13. The summed E-state index contributed by atoms with van der Waals surface area (Å²) in [5.74, 6) is -1.84. The maximum Gasteiger partial charge on any atom is 0.341 e. The Kier molecular flexibility index (Phi) is 8.57. The lowest BCUT2D eigenvalue weighted by Gasteiger charge is -2.17. The molecule has 0 atom stereocenters. The fraction of sp³-hybridized carbons (Fsp3) is 0.300. The van der Waals surface area contributed by atoms with Crippen LogP contribution in [0.2, 0.25) is 0 Å².